The molecule has 0 radical (unpaired) electrons. The second-order valence-electron chi connectivity index (χ2n) is 7.90. The summed E-state index contributed by atoms with van der Waals surface area (Å²) in [4.78, 5) is 24.9. The van der Waals surface area contributed by atoms with Crippen molar-refractivity contribution in [2.45, 2.75) is 57.4 Å². The van der Waals surface area contributed by atoms with Gasteiger partial charge in [0.15, 0.2) is 5.79 Å². The molecule has 134 valence electrons. The first-order valence-corrected chi connectivity index (χ1v) is 7.80. The summed E-state index contributed by atoms with van der Waals surface area (Å²) in [7, 11) is 0. The Morgan fingerprint density at radius 2 is 1.46 bits per heavy atom. The summed E-state index contributed by atoms with van der Waals surface area (Å²) in [5, 5.41) is 27.6. The fraction of sp³-hybridized carbons (Fsp3) is 0.812. The van der Waals surface area contributed by atoms with E-state index in [-0.39, 0.29) is 6.54 Å². The van der Waals surface area contributed by atoms with E-state index in [1.54, 1.807) is 0 Å². The topological polar surface area (TPSA) is 120 Å². The zero-order valence-electron chi connectivity index (χ0n) is 14.5. The van der Waals surface area contributed by atoms with Gasteiger partial charge in [0.25, 0.3) is 0 Å². The Bertz CT molecular complexity index is 548. The molecule has 2 aliphatic heterocycles. The number of rotatable bonds is 3. The highest BCUT2D eigenvalue weighted by Gasteiger charge is 2.60. The van der Waals surface area contributed by atoms with Crippen LogP contribution in [0.2, 0.25) is 0 Å². The van der Waals surface area contributed by atoms with Crippen LogP contribution in [0.5, 0.6) is 0 Å². The molecule has 0 bridgehead atoms. The van der Waals surface area contributed by atoms with E-state index in [0.717, 1.165) is 0 Å². The molecule has 2 N–H and O–H groups in total. The van der Waals surface area contributed by atoms with Gasteiger partial charge < -0.3 is 19.7 Å². The molecule has 0 aromatic carbocycles. The minimum Gasteiger partial charge on any atom is -0.480 e. The van der Waals surface area contributed by atoms with Crippen LogP contribution in [0.25, 0.3) is 0 Å². The molecular weight excluding hydrogens is 316 g/mol. The molecule has 0 aromatic heterocycles. The van der Waals surface area contributed by atoms with Gasteiger partial charge in [-0.1, -0.05) is 0 Å². The average molecular weight is 340 g/mol. The number of aliphatic carboxylic acids is 2. The zero-order chi connectivity index (χ0) is 18.4. The summed E-state index contributed by atoms with van der Waals surface area (Å²) in [6, 6.07) is 2.17. The van der Waals surface area contributed by atoms with Crippen LogP contribution in [0.4, 0.5) is 0 Å². The lowest BCUT2D eigenvalue weighted by molar-refractivity contribution is -0.335. The normalized spacial score (nSPS) is 27.3. The lowest BCUT2D eigenvalue weighted by Gasteiger charge is -2.59. The number of ether oxygens (including phenoxy) is 2. The summed E-state index contributed by atoms with van der Waals surface area (Å²) >= 11 is 0. The number of carboxylic acids is 2. The van der Waals surface area contributed by atoms with Crippen molar-refractivity contribution < 1.29 is 29.3 Å². The van der Waals surface area contributed by atoms with Gasteiger partial charge in [-0.3, -0.25) is 14.5 Å². The SMILES string of the molecule is CC1(C)CC2(CC(C)(C)N1CC#N)OCC(C(=O)O)(C(=O)O)CO2. The molecule has 24 heavy (non-hydrogen) atoms. The number of nitrogens with zero attached hydrogens (tertiary/aromatic N) is 2. The summed E-state index contributed by atoms with van der Waals surface area (Å²) < 4.78 is 11.5. The first-order valence-electron chi connectivity index (χ1n) is 7.80. The second-order valence-corrected chi connectivity index (χ2v) is 7.90. The number of likely N-dealkylation sites (tertiary alicyclic amines) is 1. The monoisotopic (exact) mass is 340 g/mol. The third kappa shape index (κ3) is 2.88. The van der Waals surface area contributed by atoms with Gasteiger partial charge in [-0.2, -0.15) is 5.26 Å². The van der Waals surface area contributed by atoms with Crippen LogP contribution in [0.1, 0.15) is 40.5 Å². The van der Waals surface area contributed by atoms with Gasteiger partial charge in [0.2, 0.25) is 5.41 Å². The van der Waals surface area contributed by atoms with Gasteiger partial charge in [-0.05, 0) is 27.7 Å². The third-order valence-electron chi connectivity index (χ3n) is 5.08. The van der Waals surface area contributed by atoms with Crippen LogP contribution in [-0.4, -0.2) is 63.7 Å². The number of carboxylic acid groups (broad SMARTS) is 2. The smallest absolute Gasteiger partial charge is 0.325 e. The average Bonchev–Trinajstić information content (AvgIpc) is 2.42. The predicted octanol–water partition coefficient (Wildman–Crippen LogP) is 1.06. The summed E-state index contributed by atoms with van der Waals surface area (Å²) in [6.45, 7) is 7.24. The quantitative estimate of drug-likeness (QED) is 0.578. The number of carbonyl (C=O) groups is 2. The minimum atomic E-state index is -2.08. The summed E-state index contributed by atoms with van der Waals surface area (Å²) in [5.74, 6) is -3.98. The maximum absolute atomic E-state index is 11.4. The van der Waals surface area contributed by atoms with Gasteiger partial charge in [0.1, 0.15) is 0 Å². The third-order valence-corrected chi connectivity index (χ3v) is 5.08. The molecule has 1 spiro atoms. The highest BCUT2D eigenvalue weighted by atomic mass is 16.7. The fourth-order valence-corrected chi connectivity index (χ4v) is 4.03. The highest BCUT2D eigenvalue weighted by Crippen LogP contribution is 2.48. The first-order chi connectivity index (χ1) is 10.9. The Kier molecular flexibility index (Phi) is 4.42. The first kappa shape index (κ1) is 18.6. The lowest BCUT2D eigenvalue weighted by atomic mass is 9.75. The molecule has 0 saturated carbocycles. The van der Waals surface area contributed by atoms with E-state index in [0.29, 0.717) is 12.8 Å². The van der Waals surface area contributed by atoms with Crippen molar-refractivity contribution in [2.75, 3.05) is 19.8 Å². The molecule has 0 amide bonds. The number of nitriles is 1. The van der Waals surface area contributed by atoms with E-state index in [1.165, 1.54) is 0 Å². The van der Waals surface area contributed by atoms with Gasteiger partial charge in [-0.15, -0.1) is 0 Å². The van der Waals surface area contributed by atoms with Crippen LogP contribution in [0.15, 0.2) is 0 Å². The van der Waals surface area contributed by atoms with E-state index >= 15 is 0 Å². The Morgan fingerprint density at radius 3 is 1.79 bits per heavy atom. The van der Waals surface area contributed by atoms with Crippen LogP contribution in [0.3, 0.4) is 0 Å². The van der Waals surface area contributed by atoms with Crippen molar-refractivity contribution in [3.8, 4) is 6.07 Å². The maximum atomic E-state index is 11.4. The van der Waals surface area contributed by atoms with E-state index in [1.807, 2.05) is 27.7 Å². The summed E-state index contributed by atoms with van der Waals surface area (Å²) in [5.41, 5.74) is -2.93. The van der Waals surface area contributed by atoms with E-state index in [2.05, 4.69) is 11.0 Å². The van der Waals surface area contributed by atoms with Gasteiger partial charge >= 0.3 is 11.9 Å². The Hall–Kier alpha value is -1.69. The maximum Gasteiger partial charge on any atom is 0.325 e. The van der Waals surface area contributed by atoms with E-state index in [9.17, 15) is 19.8 Å². The Morgan fingerprint density at radius 1 is 1.04 bits per heavy atom. The number of hydrogen-bond donors (Lipinski definition) is 2. The van der Waals surface area contributed by atoms with E-state index < -0.39 is 47.4 Å². The van der Waals surface area contributed by atoms with Crippen LogP contribution in [-0.2, 0) is 19.1 Å². The number of piperidine rings is 1. The largest absolute Gasteiger partial charge is 0.480 e. The van der Waals surface area contributed by atoms with Gasteiger partial charge in [0.05, 0.1) is 25.8 Å². The molecular formula is C16H24N2O6. The Balaban J connectivity index is 2.27. The van der Waals surface area contributed by atoms with Crippen molar-refractivity contribution in [2.24, 2.45) is 5.41 Å². The number of hydrogen-bond acceptors (Lipinski definition) is 6. The summed E-state index contributed by atoms with van der Waals surface area (Å²) in [6.07, 6.45) is 0.834. The fourth-order valence-electron chi connectivity index (χ4n) is 4.03. The molecule has 2 heterocycles. The van der Waals surface area contributed by atoms with Crippen molar-refractivity contribution >= 4 is 11.9 Å². The Labute approximate surface area is 140 Å². The van der Waals surface area contributed by atoms with Gasteiger partial charge in [-0.25, -0.2) is 0 Å². The molecule has 2 aliphatic rings. The van der Waals surface area contributed by atoms with Crippen LogP contribution >= 0.6 is 0 Å². The van der Waals surface area contributed by atoms with Crippen molar-refractivity contribution in [1.82, 2.24) is 4.90 Å². The molecule has 0 aromatic rings. The second kappa shape index (κ2) is 5.69. The van der Waals surface area contributed by atoms with Crippen LogP contribution < -0.4 is 0 Å². The standard InChI is InChI=1S/C16H24N2O6/c1-13(2)7-16(8-14(3,4)18(13)6-5-17)23-9-15(10-24-16,11(19)20)12(21)22/h6-10H2,1-4H3,(H,19,20)(H,21,22). The van der Waals surface area contributed by atoms with Crippen LogP contribution in [0, 0.1) is 16.7 Å². The van der Waals surface area contributed by atoms with Crippen molar-refractivity contribution in [1.29, 1.82) is 5.26 Å². The molecule has 8 heteroatoms. The van der Waals surface area contributed by atoms with Crippen molar-refractivity contribution in [3.05, 3.63) is 0 Å². The predicted molar refractivity (Wildman–Crippen MR) is 82.1 cm³/mol. The molecule has 8 nitrogen and oxygen atoms in total. The molecule has 2 saturated heterocycles. The lowest BCUT2D eigenvalue weighted by Crippen LogP contribution is -2.69. The minimum absolute atomic E-state index is 0.254. The molecule has 0 atom stereocenters. The molecule has 2 rings (SSSR count). The molecule has 2 fully saturated rings. The molecule has 0 unspecified atom stereocenters. The van der Waals surface area contributed by atoms with Crippen molar-refractivity contribution in [3.63, 3.8) is 0 Å². The zero-order valence-corrected chi connectivity index (χ0v) is 14.5. The van der Waals surface area contributed by atoms with Gasteiger partial charge in [0, 0.05) is 23.9 Å². The van der Waals surface area contributed by atoms with E-state index in [4.69, 9.17) is 14.7 Å². The molecule has 0 aliphatic carbocycles. The highest BCUT2D eigenvalue weighted by molar-refractivity contribution is 5.98.